The topological polar surface area (TPSA) is 42.2 Å². The Morgan fingerprint density at radius 2 is 2.45 bits per heavy atom. The normalized spacial score (nSPS) is 17.6. The molecule has 0 saturated heterocycles. The van der Waals surface area contributed by atoms with E-state index in [0.717, 1.165) is 17.9 Å². The van der Waals surface area contributed by atoms with Crippen molar-refractivity contribution in [3.05, 3.63) is 23.7 Å². The SMILES string of the molecule is O=C1CCNCc2occc21. The summed E-state index contributed by atoms with van der Waals surface area (Å²) in [7, 11) is 0. The molecule has 11 heavy (non-hydrogen) atoms. The molecule has 0 atom stereocenters. The lowest BCUT2D eigenvalue weighted by Crippen LogP contribution is -2.12. The van der Waals surface area contributed by atoms with Gasteiger partial charge in [-0.25, -0.2) is 0 Å². The van der Waals surface area contributed by atoms with Crippen molar-refractivity contribution in [1.29, 1.82) is 0 Å². The second kappa shape index (κ2) is 2.51. The number of nitrogens with one attached hydrogen (secondary N) is 1. The van der Waals surface area contributed by atoms with Gasteiger partial charge in [-0.1, -0.05) is 0 Å². The summed E-state index contributed by atoms with van der Waals surface area (Å²) in [4.78, 5) is 11.3. The van der Waals surface area contributed by atoms with Gasteiger partial charge in [-0.05, 0) is 6.07 Å². The van der Waals surface area contributed by atoms with E-state index in [1.54, 1.807) is 12.3 Å². The highest BCUT2D eigenvalue weighted by Gasteiger charge is 2.16. The van der Waals surface area contributed by atoms with Gasteiger partial charge in [-0.2, -0.15) is 0 Å². The Labute approximate surface area is 64.4 Å². The fourth-order valence-electron chi connectivity index (χ4n) is 1.26. The average Bonchev–Trinajstić information content (AvgIpc) is 2.40. The fraction of sp³-hybridized carbons (Fsp3) is 0.375. The van der Waals surface area contributed by atoms with Gasteiger partial charge < -0.3 is 9.73 Å². The largest absolute Gasteiger partial charge is 0.467 e. The molecule has 1 N–H and O–H groups in total. The van der Waals surface area contributed by atoms with Gasteiger partial charge in [-0.3, -0.25) is 4.79 Å². The Morgan fingerprint density at radius 1 is 1.55 bits per heavy atom. The van der Waals surface area contributed by atoms with E-state index in [1.165, 1.54) is 0 Å². The van der Waals surface area contributed by atoms with Gasteiger partial charge in [0.15, 0.2) is 5.78 Å². The van der Waals surface area contributed by atoms with Crippen LogP contribution in [0.2, 0.25) is 0 Å². The Balaban J connectivity index is 2.41. The monoisotopic (exact) mass is 151 g/mol. The van der Waals surface area contributed by atoms with E-state index in [9.17, 15) is 4.79 Å². The lowest BCUT2D eigenvalue weighted by molar-refractivity contribution is 0.0985. The molecule has 0 bridgehead atoms. The van der Waals surface area contributed by atoms with Crippen molar-refractivity contribution < 1.29 is 9.21 Å². The molecule has 2 rings (SSSR count). The van der Waals surface area contributed by atoms with E-state index < -0.39 is 0 Å². The van der Waals surface area contributed by atoms with E-state index in [2.05, 4.69) is 5.32 Å². The van der Waals surface area contributed by atoms with E-state index >= 15 is 0 Å². The number of fused-ring (bicyclic) bond motifs is 1. The van der Waals surface area contributed by atoms with Gasteiger partial charge in [-0.15, -0.1) is 0 Å². The van der Waals surface area contributed by atoms with Crippen LogP contribution in [-0.4, -0.2) is 12.3 Å². The maximum absolute atomic E-state index is 11.3. The first-order valence-corrected chi connectivity index (χ1v) is 3.68. The third kappa shape index (κ3) is 1.07. The van der Waals surface area contributed by atoms with Crippen LogP contribution in [0, 0.1) is 0 Å². The lowest BCUT2D eigenvalue weighted by Gasteiger charge is -1.93. The molecule has 1 aliphatic rings. The number of carbonyl (C=O) groups excluding carboxylic acids is 1. The Bertz CT molecular complexity index is 277. The minimum atomic E-state index is 0.179. The highest BCUT2D eigenvalue weighted by Crippen LogP contribution is 2.14. The van der Waals surface area contributed by atoms with Crippen LogP contribution in [0.5, 0.6) is 0 Å². The molecular formula is C8H9NO2. The molecule has 0 unspecified atom stereocenters. The number of rotatable bonds is 0. The number of hydrogen-bond donors (Lipinski definition) is 1. The summed E-state index contributed by atoms with van der Waals surface area (Å²) in [6.07, 6.45) is 2.14. The molecule has 0 radical (unpaired) electrons. The quantitative estimate of drug-likeness (QED) is 0.600. The first-order chi connectivity index (χ1) is 5.38. The van der Waals surface area contributed by atoms with E-state index in [4.69, 9.17) is 4.42 Å². The molecule has 0 spiro atoms. The number of Topliss-reactive ketones (excluding diaryl/α,β-unsaturated/α-hetero) is 1. The van der Waals surface area contributed by atoms with Crippen molar-refractivity contribution in [1.82, 2.24) is 5.32 Å². The zero-order valence-electron chi connectivity index (χ0n) is 6.09. The molecule has 0 saturated carbocycles. The summed E-state index contributed by atoms with van der Waals surface area (Å²) in [5.74, 6) is 0.950. The summed E-state index contributed by atoms with van der Waals surface area (Å²) >= 11 is 0. The molecule has 0 aliphatic carbocycles. The van der Waals surface area contributed by atoms with Crippen molar-refractivity contribution in [3.8, 4) is 0 Å². The molecule has 1 aliphatic heterocycles. The predicted molar refractivity (Wildman–Crippen MR) is 39.4 cm³/mol. The summed E-state index contributed by atoms with van der Waals surface area (Å²) in [6.45, 7) is 1.43. The van der Waals surface area contributed by atoms with Crippen molar-refractivity contribution in [2.45, 2.75) is 13.0 Å². The number of hydrogen-bond acceptors (Lipinski definition) is 3. The second-order valence-electron chi connectivity index (χ2n) is 2.61. The maximum Gasteiger partial charge on any atom is 0.167 e. The lowest BCUT2D eigenvalue weighted by atomic mass is 10.1. The van der Waals surface area contributed by atoms with Gasteiger partial charge in [0, 0.05) is 13.0 Å². The Hall–Kier alpha value is -1.09. The number of carbonyl (C=O) groups is 1. The molecular weight excluding hydrogens is 142 g/mol. The Kier molecular flexibility index (Phi) is 1.51. The molecule has 3 nitrogen and oxygen atoms in total. The minimum absolute atomic E-state index is 0.179. The number of ketones is 1. The van der Waals surface area contributed by atoms with Crippen LogP contribution in [0.3, 0.4) is 0 Å². The van der Waals surface area contributed by atoms with Gasteiger partial charge in [0.2, 0.25) is 0 Å². The summed E-state index contributed by atoms with van der Waals surface area (Å²) < 4.78 is 5.12. The van der Waals surface area contributed by atoms with Crippen molar-refractivity contribution in [2.75, 3.05) is 6.54 Å². The summed E-state index contributed by atoms with van der Waals surface area (Å²) in [5.41, 5.74) is 0.745. The molecule has 3 heteroatoms. The van der Waals surface area contributed by atoms with Crippen LogP contribution in [0.25, 0.3) is 0 Å². The number of furan rings is 1. The van der Waals surface area contributed by atoms with Crippen LogP contribution in [-0.2, 0) is 6.54 Å². The Morgan fingerprint density at radius 3 is 3.36 bits per heavy atom. The van der Waals surface area contributed by atoms with Gasteiger partial charge in [0.05, 0.1) is 18.4 Å². The summed E-state index contributed by atoms with van der Waals surface area (Å²) in [5, 5.41) is 3.11. The fourth-order valence-corrected chi connectivity index (χ4v) is 1.26. The molecule has 0 amide bonds. The van der Waals surface area contributed by atoms with Crippen LogP contribution in [0.15, 0.2) is 16.7 Å². The minimum Gasteiger partial charge on any atom is -0.467 e. The third-order valence-corrected chi connectivity index (χ3v) is 1.86. The van der Waals surface area contributed by atoms with E-state index in [0.29, 0.717) is 13.0 Å². The maximum atomic E-state index is 11.3. The van der Waals surface area contributed by atoms with Crippen LogP contribution in [0.1, 0.15) is 22.5 Å². The average molecular weight is 151 g/mol. The molecule has 1 aromatic heterocycles. The van der Waals surface area contributed by atoms with E-state index in [1.807, 2.05) is 0 Å². The van der Waals surface area contributed by atoms with Crippen molar-refractivity contribution >= 4 is 5.78 Å². The predicted octanol–water partition coefficient (Wildman–Crippen LogP) is 0.956. The first-order valence-electron chi connectivity index (χ1n) is 3.68. The van der Waals surface area contributed by atoms with Crippen LogP contribution < -0.4 is 5.32 Å². The first kappa shape index (κ1) is 6.61. The second-order valence-corrected chi connectivity index (χ2v) is 2.61. The van der Waals surface area contributed by atoms with Gasteiger partial charge in [0.25, 0.3) is 0 Å². The van der Waals surface area contributed by atoms with Crippen molar-refractivity contribution in [3.63, 3.8) is 0 Å². The van der Waals surface area contributed by atoms with Crippen LogP contribution >= 0.6 is 0 Å². The van der Waals surface area contributed by atoms with Crippen molar-refractivity contribution in [2.24, 2.45) is 0 Å². The van der Waals surface area contributed by atoms with Crippen LogP contribution in [0.4, 0.5) is 0 Å². The van der Waals surface area contributed by atoms with Gasteiger partial charge in [0.1, 0.15) is 5.76 Å². The molecule has 0 aromatic carbocycles. The molecule has 2 heterocycles. The highest BCUT2D eigenvalue weighted by atomic mass is 16.3. The molecule has 0 fully saturated rings. The molecule has 1 aromatic rings. The standard InChI is InChI=1S/C8H9NO2/c10-7-1-3-9-5-8-6(7)2-4-11-8/h2,4,9H,1,3,5H2. The zero-order chi connectivity index (χ0) is 7.68. The molecule has 58 valence electrons. The zero-order valence-corrected chi connectivity index (χ0v) is 6.09. The third-order valence-electron chi connectivity index (χ3n) is 1.86. The smallest absolute Gasteiger partial charge is 0.167 e. The highest BCUT2D eigenvalue weighted by molar-refractivity contribution is 5.97. The summed E-state index contributed by atoms with van der Waals surface area (Å²) in [6, 6.07) is 1.74. The van der Waals surface area contributed by atoms with E-state index in [-0.39, 0.29) is 5.78 Å². The van der Waals surface area contributed by atoms with Gasteiger partial charge >= 0.3 is 0 Å².